The Morgan fingerprint density at radius 1 is 1.37 bits per heavy atom. The van der Waals surface area contributed by atoms with Gasteiger partial charge in [0.1, 0.15) is 18.2 Å². The van der Waals surface area contributed by atoms with E-state index in [0.29, 0.717) is 18.8 Å². The number of hydrogen-bond donors (Lipinski definition) is 1. The van der Waals surface area contributed by atoms with Gasteiger partial charge in [-0.15, -0.1) is 11.3 Å². The molecule has 0 aliphatic rings. The fourth-order valence-corrected chi connectivity index (χ4v) is 2.43. The second-order valence-corrected chi connectivity index (χ2v) is 5.57. The minimum Gasteiger partial charge on any atom is -0.488 e. The van der Waals surface area contributed by atoms with Crippen LogP contribution in [0.15, 0.2) is 35.7 Å². The van der Waals surface area contributed by atoms with Crippen molar-refractivity contribution in [3.8, 4) is 5.75 Å². The highest BCUT2D eigenvalue weighted by molar-refractivity contribution is 7.09. The van der Waals surface area contributed by atoms with Crippen molar-refractivity contribution in [3.05, 3.63) is 52.0 Å². The maximum atomic E-state index is 13.5. The number of hydrogen-bond acceptors (Lipinski definition) is 3. The third-order valence-corrected chi connectivity index (χ3v) is 3.76. The van der Waals surface area contributed by atoms with Crippen LogP contribution < -0.4 is 10.5 Å². The van der Waals surface area contributed by atoms with Crippen LogP contribution in [0.2, 0.25) is 0 Å². The van der Waals surface area contributed by atoms with Gasteiger partial charge in [0.05, 0.1) is 0 Å². The Kier molecular flexibility index (Phi) is 4.93. The highest BCUT2D eigenvalue weighted by Crippen LogP contribution is 2.20. The smallest absolute Gasteiger partial charge is 0.127 e. The van der Waals surface area contributed by atoms with Crippen molar-refractivity contribution < 1.29 is 9.13 Å². The molecule has 1 unspecified atom stereocenters. The van der Waals surface area contributed by atoms with Crippen LogP contribution in [-0.2, 0) is 13.0 Å². The van der Waals surface area contributed by atoms with E-state index >= 15 is 0 Å². The lowest BCUT2D eigenvalue weighted by atomic mass is 10.0. The third kappa shape index (κ3) is 4.33. The summed E-state index contributed by atoms with van der Waals surface area (Å²) in [6.45, 7) is 2.50. The molecule has 4 heteroatoms. The molecule has 0 radical (unpaired) electrons. The molecule has 0 aliphatic carbocycles. The summed E-state index contributed by atoms with van der Waals surface area (Å²) in [4.78, 5) is 1.12. The van der Waals surface area contributed by atoms with Crippen LogP contribution in [0, 0.1) is 5.82 Å². The number of benzene rings is 1. The molecule has 19 heavy (non-hydrogen) atoms. The number of halogens is 1. The van der Waals surface area contributed by atoms with E-state index in [-0.39, 0.29) is 11.9 Å². The number of rotatable bonds is 6. The minimum absolute atomic E-state index is 0.0620. The molecule has 0 spiro atoms. The highest BCUT2D eigenvalue weighted by atomic mass is 32.1. The zero-order valence-electron chi connectivity index (χ0n) is 10.9. The van der Waals surface area contributed by atoms with E-state index < -0.39 is 0 Å². The SMILES string of the molecule is CCC(N)Cc1cc(F)cc(OCc2cccs2)c1. The molecule has 0 aliphatic heterocycles. The van der Waals surface area contributed by atoms with E-state index in [1.54, 1.807) is 11.3 Å². The van der Waals surface area contributed by atoms with Gasteiger partial charge in [0.2, 0.25) is 0 Å². The predicted molar refractivity (Wildman–Crippen MR) is 77.0 cm³/mol. The van der Waals surface area contributed by atoms with Crippen LogP contribution in [0.5, 0.6) is 5.75 Å². The lowest BCUT2D eigenvalue weighted by Gasteiger charge is -2.11. The largest absolute Gasteiger partial charge is 0.488 e. The molecule has 102 valence electrons. The molecule has 0 saturated carbocycles. The van der Waals surface area contributed by atoms with Crippen LogP contribution in [0.1, 0.15) is 23.8 Å². The zero-order chi connectivity index (χ0) is 13.7. The number of nitrogens with two attached hydrogens (primary N) is 1. The van der Waals surface area contributed by atoms with E-state index in [1.165, 1.54) is 12.1 Å². The Bertz CT molecular complexity index is 513. The van der Waals surface area contributed by atoms with Crippen LogP contribution >= 0.6 is 11.3 Å². The van der Waals surface area contributed by atoms with Crippen LogP contribution in [0.25, 0.3) is 0 Å². The summed E-state index contributed by atoms with van der Waals surface area (Å²) in [6, 6.07) is 8.83. The Morgan fingerprint density at radius 3 is 2.89 bits per heavy atom. The molecule has 2 nitrogen and oxygen atoms in total. The molecular formula is C15H18FNOS. The highest BCUT2D eigenvalue weighted by Gasteiger charge is 2.06. The van der Waals surface area contributed by atoms with Crippen molar-refractivity contribution in [3.63, 3.8) is 0 Å². The molecule has 1 aromatic carbocycles. The molecular weight excluding hydrogens is 261 g/mol. The van der Waals surface area contributed by atoms with Crippen LogP contribution in [-0.4, -0.2) is 6.04 Å². The lowest BCUT2D eigenvalue weighted by Crippen LogP contribution is -2.21. The maximum absolute atomic E-state index is 13.5. The van der Waals surface area contributed by atoms with Gasteiger partial charge in [0, 0.05) is 17.0 Å². The third-order valence-electron chi connectivity index (χ3n) is 2.91. The van der Waals surface area contributed by atoms with E-state index in [0.717, 1.165) is 16.9 Å². The van der Waals surface area contributed by atoms with Crippen LogP contribution in [0.3, 0.4) is 0 Å². The second-order valence-electron chi connectivity index (χ2n) is 4.54. The maximum Gasteiger partial charge on any atom is 0.127 e. The summed E-state index contributed by atoms with van der Waals surface area (Å²) in [6.07, 6.45) is 1.55. The predicted octanol–water partition coefficient (Wildman–Crippen LogP) is 3.75. The summed E-state index contributed by atoms with van der Waals surface area (Å²) in [5.74, 6) is 0.286. The van der Waals surface area contributed by atoms with Crippen molar-refractivity contribution in [2.45, 2.75) is 32.4 Å². The van der Waals surface area contributed by atoms with E-state index in [9.17, 15) is 4.39 Å². The van der Waals surface area contributed by atoms with Gasteiger partial charge >= 0.3 is 0 Å². The van der Waals surface area contributed by atoms with Gasteiger partial charge < -0.3 is 10.5 Å². The standard InChI is InChI=1S/C15H18FNOS/c1-2-13(17)7-11-6-12(16)9-14(8-11)18-10-15-4-3-5-19-15/h3-6,8-9,13H,2,7,10,17H2,1H3. The first-order chi connectivity index (χ1) is 9.17. The quantitative estimate of drug-likeness (QED) is 0.874. The average Bonchev–Trinajstić information content (AvgIpc) is 2.88. The fraction of sp³-hybridized carbons (Fsp3) is 0.333. The van der Waals surface area contributed by atoms with Gasteiger partial charge in [0.15, 0.2) is 0 Å². The molecule has 0 bridgehead atoms. The average molecular weight is 279 g/mol. The van der Waals surface area contributed by atoms with Gasteiger partial charge in [0.25, 0.3) is 0 Å². The lowest BCUT2D eigenvalue weighted by molar-refractivity contribution is 0.307. The van der Waals surface area contributed by atoms with E-state index in [2.05, 4.69) is 0 Å². The summed E-state index contributed by atoms with van der Waals surface area (Å²) in [5.41, 5.74) is 6.78. The van der Waals surface area contributed by atoms with Gasteiger partial charge in [-0.2, -0.15) is 0 Å². The van der Waals surface area contributed by atoms with Crippen molar-refractivity contribution in [2.75, 3.05) is 0 Å². The second kappa shape index (κ2) is 6.68. The number of ether oxygens (including phenoxy) is 1. The number of thiophene rings is 1. The van der Waals surface area contributed by atoms with E-state index in [4.69, 9.17) is 10.5 Å². The van der Waals surface area contributed by atoms with Crippen LogP contribution in [0.4, 0.5) is 4.39 Å². The van der Waals surface area contributed by atoms with E-state index in [1.807, 2.05) is 30.5 Å². The molecule has 0 fully saturated rings. The first kappa shape index (κ1) is 14.0. The molecule has 0 amide bonds. The van der Waals surface area contributed by atoms with Crippen molar-refractivity contribution >= 4 is 11.3 Å². The first-order valence-corrected chi connectivity index (χ1v) is 7.25. The minimum atomic E-state index is -0.276. The van der Waals surface area contributed by atoms with Gasteiger partial charge in [-0.1, -0.05) is 13.0 Å². The monoisotopic (exact) mass is 279 g/mol. The molecule has 1 atom stereocenters. The Balaban J connectivity index is 2.03. The zero-order valence-corrected chi connectivity index (χ0v) is 11.8. The first-order valence-electron chi connectivity index (χ1n) is 6.37. The van der Waals surface area contributed by atoms with Gasteiger partial charge in [-0.25, -0.2) is 4.39 Å². The summed E-state index contributed by atoms with van der Waals surface area (Å²) in [7, 11) is 0. The van der Waals surface area contributed by atoms with Crippen molar-refractivity contribution in [1.29, 1.82) is 0 Å². The molecule has 1 aromatic heterocycles. The fourth-order valence-electron chi connectivity index (χ4n) is 1.82. The summed E-state index contributed by atoms with van der Waals surface area (Å²) < 4.78 is 19.1. The normalized spacial score (nSPS) is 12.4. The molecule has 2 aromatic rings. The molecule has 2 N–H and O–H groups in total. The van der Waals surface area contributed by atoms with Crippen molar-refractivity contribution in [2.24, 2.45) is 5.73 Å². The van der Waals surface area contributed by atoms with Gasteiger partial charge in [-0.05, 0) is 42.0 Å². The topological polar surface area (TPSA) is 35.2 Å². The Morgan fingerprint density at radius 2 is 2.21 bits per heavy atom. The van der Waals surface area contributed by atoms with Crippen molar-refractivity contribution in [1.82, 2.24) is 0 Å². The summed E-state index contributed by atoms with van der Waals surface area (Å²) in [5, 5.41) is 2.00. The molecule has 0 saturated heterocycles. The Hall–Kier alpha value is -1.39. The Labute approximate surface area is 117 Å². The molecule has 2 rings (SSSR count). The molecule has 1 heterocycles. The van der Waals surface area contributed by atoms with Gasteiger partial charge in [-0.3, -0.25) is 0 Å². The summed E-state index contributed by atoms with van der Waals surface area (Å²) >= 11 is 1.63.